The molecule has 1 atom stereocenters. The minimum atomic E-state index is -2.05. The maximum absolute atomic E-state index is 12.7. The van der Waals surface area contributed by atoms with E-state index in [1.54, 1.807) is 21.9 Å². The van der Waals surface area contributed by atoms with E-state index in [-0.39, 0.29) is 29.8 Å². The van der Waals surface area contributed by atoms with Gasteiger partial charge in [0, 0.05) is 30.5 Å². The summed E-state index contributed by atoms with van der Waals surface area (Å²) in [5.41, 5.74) is 1.64. The zero-order valence-corrected chi connectivity index (χ0v) is 15.8. The summed E-state index contributed by atoms with van der Waals surface area (Å²) in [6, 6.07) is 16.1. The van der Waals surface area contributed by atoms with Crippen molar-refractivity contribution in [2.24, 2.45) is 0 Å². The lowest BCUT2D eigenvalue weighted by Crippen LogP contribution is -2.53. The summed E-state index contributed by atoms with van der Waals surface area (Å²) >= 11 is -2.05. The standard InChI is InChI=1S/C20H19N3O4S/c24-19(13-21-10-9-15-3-1-2-4-18(15)21)22-11-12-23(20(25)14-22)16-5-7-17(8-6-16)28(26)27/h1-10H,11-14H2,(H,26,27). The van der Waals surface area contributed by atoms with Gasteiger partial charge < -0.3 is 18.9 Å². The molecule has 3 aromatic rings. The highest BCUT2D eigenvalue weighted by molar-refractivity contribution is 7.79. The lowest BCUT2D eigenvalue weighted by Gasteiger charge is -2.34. The van der Waals surface area contributed by atoms with Gasteiger partial charge in [-0.2, -0.15) is 0 Å². The van der Waals surface area contributed by atoms with Gasteiger partial charge in [0.2, 0.25) is 11.8 Å². The quantitative estimate of drug-likeness (QED) is 0.684. The van der Waals surface area contributed by atoms with Crippen molar-refractivity contribution < 1.29 is 18.4 Å². The molecule has 4 rings (SSSR count). The normalized spacial score (nSPS) is 15.8. The van der Waals surface area contributed by atoms with Crippen molar-refractivity contribution in [3.8, 4) is 0 Å². The van der Waals surface area contributed by atoms with E-state index in [4.69, 9.17) is 4.55 Å². The monoisotopic (exact) mass is 397 g/mol. The number of hydrogen-bond acceptors (Lipinski definition) is 3. The molecule has 28 heavy (non-hydrogen) atoms. The SMILES string of the molecule is O=C(Cn1ccc2ccccc21)N1CCN(c2ccc(S(=O)O)cc2)C(=O)C1. The average Bonchev–Trinajstić information content (AvgIpc) is 3.11. The molecule has 1 fully saturated rings. The topological polar surface area (TPSA) is 82.8 Å². The largest absolute Gasteiger partial charge is 0.338 e. The molecule has 2 heterocycles. The first kappa shape index (κ1) is 18.4. The van der Waals surface area contributed by atoms with Gasteiger partial charge in [0.15, 0.2) is 11.1 Å². The fourth-order valence-electron chi connectivity index (χ4n) is 3.43. The average molecular weight is 397 g/mol. The molecule has 1 aliphatic heterocycles. The molecule has 1 aliphatic rings. The number of anilines is 1. The molecule has 1 saturated heterocycles. The molecule has 1 N–H and O–H groups in total. The third-order valence-corrected chi connectivity index (χ3v) is 5.58. The Bertz CT molecular complexity index is 1060. The summed E-state index contributed by atoms with van der Waals surface area (Å²) in [6.45, 7) is 1.04. The van der Waals surface area contributed by atoms with E-state index < -0.39 is 11.1 Å². The number of piperazine rings is 1. The third kappa shape index (κ3) is 3.56. The van der Waals surface area contributed by atoms with E-state index in [0.717, 1.165) is 10.9 Å². The molecule has 0 radical (unpaired) electrons. The van der Waals surface area contributed by atoms with Crippen molar-refractivity contribution in [1.29, 1.82) is 0 Å². The van der Waals surface area contributed by atoms with Crippen LogP contribution in [0.15, 0.2) is 65.7 Å². The Morgan fingerprint density at radius 3 is 2.50 bits per heavy atom. The van der Waals surface area contributed by atoms with Gasteiger partial charge >= 0.3 is 0 Å². The van der Waals surface area contributed by atoms with Gasteiger partial charge in [-0.25, -0.2) is 4.21 Å². The fraction of sp³-hybridized carbons (Fsp3) is 0.200. The van der Waals surface area contributed by atoms with Gasteiger partial charge in [0.05, 0.1) is 4.90 Å². The number of nitrogens with zero attached hydrogens (tertiary/aromatic N) is 3. The molecule has 1 unspecified atom stereocenters. The van der Waals surface area contributed by atoms with Crippen molar-refractivity contribution in [3.05, 3.63) is 60.8 Å². The summed E-state index contributed by atoms with van der Waals surface area (Å²) in [4.78, 5) is 28.7. The highest BCUT2D eigenvalue weighted by atomic mass is 32.2. The Morgan fingerprint density at radius 2 is 1.79 bits per heavy atom. The van der Waals surface area contributed by atoms with E-state index in [9.17, 15) is 13.8 Å². The van der Waals surface area contributed by atoms with Crippen LogP contribution < -0.4 is 4.90 Å². The predicted octanol–water partition coefficient (Wildman–Crippen LogP) is 2.10. The van der Waals surface area contributed by atoms with Crippen LogP contribution in [0.2, 0.25) is 0 Å². The van der Waals surface area contributed by atoms with E-state index in [2.05, 4.69) is 0 Å². The number of hydrogen-bond donors (Lipinski definition) is 1. The van der Waals surface area contributed by atoms with E-state index in [1.165, 1.54) is 12.1 Å². The molecular formula is C20H19N3O4S. The zero-order valence-electron chi connectivity index (χ0n) is 15.0. The number of aromatic nitrogens is 1. The molecule has 2 amide bonds. The number of rotatable bonds is 4. The summed E-state index contributed by atoms with van der Waals surface area (Å²) in [5.74, 6) is -0.268. The second kappa shape index (κ2) is 7.57. The van der Waals surface area contributed by atoms with Crippen LogP contribution in [0.3, 0.4) is 0 Å². The Morgan fingerprint density at radius 1 is 1.04 bits per heavy atom. The number of para-hydroxylation sites is 1. The molecule has 144 valence electrons. The summed E-state index contributed by atoms with van der Waals surface area (Å²) < 4.78 is 22.0. The van der Waals surface area contributed by atoms with E-state index >= 15 is 0 Å². The minimum absolute atomic E-state index is 0.0196. The van der Waals surface area contributed by atoms with Crippen LogP contribution in [0.5, 0.6) is 0 Å². The number of amides is 2. The first-order valence-electron chi connectivity index (χ1n) is 8.86. The zero-order chi connectivity index (χ0) is 19.7. The van der Waals surface area contributed by atoms with Crippen LogP contribution in [-0.2, 0) is 27.2 Å². The molecule has 8 heteroatoms. The van der Waals surface area contributed by atoms with Gasteiger partial charge in [-0.3, -0.25) is 9.59 Å². The van der Waals surface area contributed by atoms with E-state index in [0.29, 0.717) is 18.8 Å². The van der Waals surface area contributed by atoms with Gasteiger partial charge in [-0.05, 0) is 41.8 Å². The van der Waals surface area contributed by atoms with Gasteiger partial charge in [0.25, 0.3) is 0 Å². The molecule has 0 aliphatic carbocycles. The second-order valence-electron chi connectivity index (χ2n) is 6.61. The smallest absolute Gasteiger partial charge is 0.246 e. The molecule has 0 saturated carbocycles. The van der Waals surface area contributed by atoms with Crippen LogP contribution in [0.4, 0.5) is 5.69 Å². The Kier molecular flexibility index (Phi) is 4.97. The number of carbonyl (C=O) groups excluding carboxylic acids is 2. The van der Waals surface area contributed by atoms with Crippen molar-refractivity contribution in [2.75, 3.05) is 24.5 Å². The van der Waals surface area contributed by atoms with Crippen molar-refractivity contribution in [2.45, 2.75) is 11.4 Å². The molecule has 2 aromatic carbocycles. The lowest BCUT2D eigenvalue weighted by atomic mass is 10.2. The van der Waals surface area contributed by atoms with Crippen LogP contribution >= 0.6 is 0 Å². The van der Waals surface area contributed by atoms with Gasteiger partial charge in [-0.1, -0.05) is 18.2 Å². The fourth-order valence-corrected chi connectivity index (χ4v) is 3.79. The number of carbonyl (C=O) groups is 2. The highest BCUT2D eigenvalue weighted by Gasteiger charge is 2.28. The predicted molar refractivity (Wildman–Crippen MR) is 106 cm³/mol. The Balaban J connectivity index is 1.42. The van der Waals surface area contributed by atoms with Crippen molar-refractivity contribution >= 4 is 39.5 Å². The molecule has 0 bridgehead atoms. The highest BCUT2D eigenvalue weighted by Crippen LogP contribution is 2.20. The van der Waals surface area contributed by atoms with Crippen LogP contribution in [0.25, 0.3) is 10.9 Å². The lowest BCUT2D eigenvalue weighted by molar-refractivity contribution is -0.137. The number of benzene rings is 2. The molecule has 7 nitrogen and oxygen atoms in total. The maximum Gasteiger partial charge on any atom is 0.246 e. The number of fused-ring (bicyclic) bond motifs is 1. The van der Waals surface area contributed by atoms with E-state index in [1.807, 2.05) is 41.1 Å². The first-order valence-corrected chi connectivity index (χ1v) is 9.96. The third-order valence-electron chi connectivity index (χ3n) is 4.91. The molecule has 0 spiro atoms. The molecular weight excluding hydrogens is 378 g/mol. The van der Waals surface area contributed by atoms with Crippen molar-refractivity contribution in [3.63, 3.8) is 0 Å². The summed E-state index contributed by atoms with van der Waals surface area (Å²) in [6.07, 6.45) is 1.88. The summed E-state index contributed by atoms with van der Waals surface area (Å²) in [5, 5.41) is 1.07. The van der Waals surface area contributed by atoms with Gasteiger partial charge in [-0.15, -0.1) is 0 Å². The summed E-state index contributed by atoms with van der Waals surface area (Å²) in [7, 11) is 0. The minimum Gasteiger partial charge on any atom is -0.338 e. The van der Waals surface area contributed by atoms with Gasteiger partial charge in [0.1, 0.15) is 13.1 Å². The maximum atomic E-state index is 12.7. The molecule has 1 aromatic heterocycles. The van der Waals surface area contributed by atoms with Crippen LogP contribution in [0, 0.1) is 0 Å². The van der Waals surface area contributed by atoms with Crippen LogP contribution in [0.1, 0.15) is 0 Å². The van der Waals surface area contributed by atoms with Crippen LogP contribution in [-0.4, -0.2) is 49.7 Å². The Labute approximate surface area is 164 Å². The first-order chi connectivity index (χ1) is 13.5. The Hall–Kier alpha value is -2.97. The second-order valence-corrected chi connectivity index (χ2v) is 7.58. The van der Waals surface area contributed by atoms with Crippen molar-refractivity contribution in [1.82, 2.24) is 9.47 Å².